The summed E-state index contributed by atoms with van der Waals surface area (Å²) in [6, 6.07) is 10.7. The maximum Gasteiger partial charge on any atom is 0.223 e. The lowest BCUT2D eigenvalue weighted by Gasteiger charge is -2.15. The van der Waals surface area contributed by atoms with Crippen molar-refractivity contribution in [3.8, 4) is 11.6 Å². The van der Waals surface area contributed by atoms with Crippen LogP contribution in [-0.4, -0.2) is 15.8 Å². The highest BCUT2D eigenvalue weighted by atomic mass is 35.5. The van der Waals surface area contributed by atoms with E-state index in [2.05, 4.69) is 9.97 Å². The van der Waals surface area contributed by atoms with Crippen LogP contribution in [0.4, 0.5) is 0 Å². The fourth-order valence-corrected chi connectivity index (χ4v) is 3.16. The number of pyridine rings is 2. The average Bonchev–Trinajstić information content (AvgIpc) is 2.60. The zero-order valence-corrected chi connectivity index (χ0v) is 15.9. The lowest BCUT2D eigenvalue weighted by Crippen LogP contribution is -2.09. The zero-order chi connectivity index (χ0) is 18.8. The van der Waals surface area contributed by atoms with Crippen LogP contribution in [0.25, 0.3) is 0 Å². The van der Waals surface area contributed by atoms with Crippen LogP contribution in [0.3, 0.4) is 0 Å². The van der Waals surface area contributed by atoms with Crippen molar-refractivity contribution in [2.75, 3.05) is 0 Å². The predicted octanol–water partition coefficient (Wildman–Crippen LogP) is 5.39. The van der Waals surface area contributed by atoms with E-state index in [0.717, 1.165) is 11.1 Å². The highest BCUT2D eigenvalue weighted by Gasteiger charge is 2.19. The van der Waals surface area contributed by atoms with Gasteiger partial charge in [0, 0.05) is 28.0 Å². The van der Waals surface area contributed by atoms with Crippen LogP contribution in [-0.2, 0) is 0 Å². The molecule has 1 aromatic carbocycles. The molecule has 2 heterocycles. The van der Waals surface area contributed by atoms with Gasteiger partial charge < -0.3 is 4.74 Å². The second kappa shape index (κ2) is 7.26. The van der Waals surface area contributed by atoms with E-state index in [4.69, 9.17) is 16.3 Å². The third-order valence-electron chi connectivity index (χ3n) is 4.12. The molecule has 0 atom stereocenters. The summed E-state index contributed by atoms with van der Waals surface area (Å²) in [5.41, 5.74) is 4.14. The minimum Gasteiger partial charge on any atom is -0.438 e. The summed E-state index contributed by atoms with van der Waals surface area (Å²) in [5.74, 6) is 0.965. The Kier molecular flexibility index (Phi) is 5.05. The molecule has 0 saturated carbocycles. The van der Waals surface area contributed by atoms with Gasteiger partial charge in [0.05, 0.1) is 0 Å². The van der Waals surface area contributed by atoms with E-state index >= 15 is 0 Å². The number of ether oxygens (including phenoxy) is 1. The van der Waals surface area contributed by atoms with E-state index < -0.39 is 0 Å². The topological polar surface area (TPSA) is 52.1 Å². The molecule has 0 unspecified atom stereocenters. The van der Waals surface area contributed by atoms with Gasteiger partial charge in [0.25, 0.3) is 0 Å². The molecule has 4 nitrogen and oxygen atoms in total. The van der Waals surface area contributed by atoms with Crippen LogP contribution < -0.4 is 4.74 Å². The highest BCUT2D eigenvalue weighted by molar-refractivity contribution is 6.30. The van der Waals surface area contributed by atoms with Gasteiger partial charge in [-0.15, -0.1) is 0 Å². The molecule has 132 valence electrons. The van der Waals surface area contributed by atoms with Gasteiger partial charge >= 0.3 is 0 Å². The Hall–Kier alpha value is -2.72. The molecule has 0 bridgehead atoms. The first-order valence-corrected chi connectivity index (χ1v) is 8.63. The summed E-state index contributed by atoms with van der Waals surface area (Å²) >= 11 is 6.09. The van der Waals surface area contributed by atoms with Crippen LogP contribution in [0.2, 0.25) is 5.02 Å². The van der Waals surface area contributed by atoms with Gasteiger partial charge in [0.1, 0.15) is 11.4 Å². The monoisotopic (exact) mass is 366 g/mol. The zero-order valence-electron chi connectivity index (χ0n) is 15.1. The normalized spacial score (nSPS) is 10.7. The van der Waals surface area contributed by atoms with Gasteiger partial charge in [-0.2, -0.15) is 0 Å². The number of ketones is 1. The second-order valence-corrected chi connectivity index (χ2v) is 6.69. The number of hydrogen-bond acceptors (Lipinski definition) is 4. The first kappa shape index (κ1) is 18.1. The minimum absolute atomic E-state index is 0.150. The number of hydrogen-bond donors (Lipinski definition) is 0. The summed E-state index contributed by atoms with van der Waals surface area (Å²) in [6.07, 6.45) is 1.61. The van der Waals surface area contributed by atoms with Gasteiger partial charge in [0.15, 0.2) is 0 Å². The maximum absolute atomic E-state index is 12.8. The molecule has 2 aromatic heterocycles. The predicted molar refractivity (Wildman–Crippen MR) is 102 cm³/mol. The van der Waals surface area contributed by atoms with Gasteiger partial charge in [-0.1, -0.05) is 17.7 Å². The first-order valence-electron chi connectivity index (χ1n) is 8.25. The van der Waals surface area contributed by atoms with Crippen molar-refractivity contribution in [2.45, 2.75) is 27.7 Å². The number of nitrogens with zero attached hydrogens (tertiary/aromatic N) is 2. The smallest absolute Gasteiger partial charge is 0.223 e. The number of carbonyl (C=O) groups excluding carboxylic acids is 1. The number of carbonyl (C=O) groups is 1. The number of benzene rings is 1. The molecule has 26 heavy (non-hydrogen) atoms. The molecule has 0 amide bonds. The Morgan fingerprint density at radius 1 is 1.04 bits per heavy atom. The molecular weight excluding hydrogens is 348 g/mol. The third-order valence-corrected chi connectivity index (χ3v) is 4.34. The molecule has 0 aliphatic carbocycles. The van der Waals surface area contributed by atoms with Crippen LogP contribution >= 0.6 is 11.6 Å². The Morgan fingerprint density at radius 2 is 1.73 bits per heavy atom. The number of halogens is 1. The quantitative estimate of drug-likeness (QED) is 0.581. The third kappa shape index (κ3) is 3.60. The van der Waals surface area contributed by atoms with E-state index in [-0.39, 0.29) is 5.78 Å². The van der Waals surface area contributed by atoms with Crippen molar-refractivity contribution in [1.29, 1.82) is 0 Å². The van der Waals surface area contributed by atoms with Gasteiger partial charge in [0.2, 0.25) is 11.7 Å². The molecular formula is C21H19ClN2O2. The fourth-order valence-electron chi connectivity index (χ4n) is 2.83. The Morgan fingerprint density at radius 3 is 2.35 bits per heavy atom. The van der Waals surface area contributed by atoms with Crippen molar-refractivity contribution in [1.82, 2.24) is 9.97 Å². The number of aromatic nitrogens is 2. The molecule has 0 radical (unpaired) electrons. The van der Waals surface area contributed by atoms with Crippen molar-refractivity contribution in [3.63, 3.8) is 0 Å². The molecule has 5 heteroatoms. The Balaban J connectivity index is 2.05. The van der Waals surface area contributed by atoms with Gasteiger partial charge in [-0.05, 0) is 69.2 Å². The van der Waals surface area contributed by atoms with Crippen molar-refractivity contribution < 1.29 is 9.53 Å². The van der Waals surface area contributed by atoms with Crippen LogP contribution in [0, 0.1) is 27.7 Å². The molecule has 0 aliphatic rings. The van der Waals surface area contributed by atoms with E-state index in [1.54, 1.807) is 30.5 Å². The van der Waals surface area contributed by atoms with Crippen LogP contribution in [0.15, 0.2) is 42.6 Å². The van der Waals surface area contributed by atoms with Crippen molar-refractivity contribution in [3.05, 3.63) is 81.3 Å². The van der Waals surface area contributed by atoms with Crippen molar-refractivity contribution >= 4 is 17.4 Å². The maximum atomic E-state index is 12.8. The summed E-state index contributed by atoms with van der Waals surface area (Å²) in [6.45, 7) is 7.53. The number of aryl methyl sites for hydroxylation is 3. The summed E-state index contributed by atoms with van der Waals surface area (Å²) in [7, 11) is 0. The van der Waals surface area contributed by atoms with Gasteiger partial charge in [-0.3, -0.25) is 9.78 Å². The lowest BCUT2D eigenvalue weighted by atomic mass is 10.0. The molecule has 0 N–H and O–H groups in total. The van der Waals surface area contributed by atoms with Gasteiger partial charge in [-0.25, -0.2) is 4.98 Å². The highest BCUT2D eigenvalue weighted by Crippen LogP contribution is 2.33. The molecule has 0 fully saturated rings. The van der Waals surface area contributed by atoms with Crippen LogP contribution in [0.1, 0.15) is 38.4 Å². The molecule has 3 aromatic rings. The SMILES string of the molecule is Cc1cc(C(=O)c2ccccn2)c(C)c(Oc2c(C)cc(Cl)cc2C)n1. The standard InChI is InChI=1S/C21H19ClN2O2/c1-12-9-16(22)10-13(2)20(12)26-21-15(4)17(11-14(3)24-21)19(25)18-7-5-6-8-23-18/h5-11H,1-4H3. The molecule has 0 aliphatic heterocycles. The molecule has 0 saturated heterocycles. The van der Waals surface area contributed by atoms with Crippen LogP contribution in [0.5, 0.6) is 11.6 Å². The van der Waals surface area contributed by atoms with Crippen molar-refractivity contribution in [2.24, 2.45) is 0 Å². The second-order valence-electron chi connectivity index (χ2n) is 6.26. The Bertz CT molecular complexity index is 962. The van der Waals surface area contributed by atoms with E-state index in [0.29, 0.717) is 39.2 Å². The Labute approximate surface area is 157 Å². The van der Waals surface area contributed by atoms with E-state index in [9.17, 15) is 4.79 Å². The lowest BCUT2D eigenvalue weighted by molar-refractivity contribution is 0.103. The number of rotatable bonds is 4. The molecule has 0 spiro atoms. The fraction of sp³-hybridized carbons (Fsp3) is 0.190. The molecule has 3 rings (SSSR count). The summed E-state index contributed by atoms with van der Waals surface area (Å²) in [4.78, 5) is 21.5. The largest absolute Gasteiger partial charge is 0.438 e. The van der Waals surface area contributed by atoms with E-state index in [1.807, 2.05) is 39.8 Å². The summed E-state index contributed by atoms with van der Waals surface area (Å²) in [5, 5.41) is 0.660. The van der Waals surface area contributed by atoms with E-state index in [1.165, 1.54) is 0 Å². The average molecular weight is 367 g/mol. The minimum atomic E-state index is -0.150. The first-order chi connectivity index (χ1) is 12.4. The summed E-state index contributed by atoms with van der Waals surface area (Å²) < 4.78 is 6.09.